The number of carboxylic acids is 1. The molecule has 0 unspecified atom stereocenters. The molecule has 116 valence electrons. The van der Waals surface area contributed by atoms with Crippen molar-refractivity contribution in [2.75, 3.05) is 25.5 Å². The van der Waals surface area contributed by atoms with Gasteiger partial charge in [0.25, 0.3) is 0 Å². The number of hydrogen-bond acceptors (Lipinski definition) is 3. The van der Waals surface area contributed by atoms with Crippen molar-refractivity contribution < 1.29 is 14.7 Å². The second-order valence-corrected chi connectivity index (χ2v) is 5.36. The van der Waals surface area contributed by atoms with Crippen LogP contribution in [0.25, 0.3) is 0 Å². The summed E-state index contributed by atoms with van der Waals surface area (Å²) in [5.41, 5.74) is 0.445. The Kier molecular flexibility index (Phi) is 6.45. The molecule has 3 N–H and O–H groups in total. The summed E-state index contributed by atoms with van der Waals surface area (Å²) >= 11 is 5.83. The molecule has 1 rings (SSSR count). The van der Waals surface area contributed by atoms with E-state index in [4.69, 9.17) is 16.7 Å². The largest absolute Gasteiger partial charge is 0.478 e. The van der Waals surface area contributed by atoms with Gasteiger partial charge in [0.2, 0.25) is 0 Å². The molecule has 0 aromatic heterocycles. The molecule has 0 saturated carbocycles. The summed E-state index contributed by atoms with van der Waals surface area (Å²) in [4.78, 5) is 24.6. The van der Waals surface area contributed by atoms with Crippen LogP contribution < -0.4 is 10.6 Å². The van der Waals surface area contributed by atoms with Crippen molar-refractivity contribution in [2.45, 2.75) is 19.9 Å². The summed E-state index contributed by atoms with van der Waals surface area (Å²) in [6, 6.07) is 4.32. The Hall–Kier alpha value is -1.79. The molecule has 0 saturated heterocycles. The van der Waals surface area contributed by atoms with Crippen LogP contribution in [0, 0.1) is 0 Å². The number of carbonyl (C=O) groups excluding carboxylic acids is 1. The van der Waals surface area contributed by atoms with E-state index in [1.165, 1.54) is 18.2 Å². The molecule has 0 spiro atoms. The van der Waals surface area contributed by atoms with Gasteiger partial charge in [-0.25, -0.2) is 9.59 Å². The average Bonchev–Trinajstić information content (AvgIpc) is 2.37. The van der Waals surface area contributed by atoms with Crippen molar-refractivity contribution in [3.8, 4) is 0 Å². The predicted octanol–water partition coefficient (Wildman–Crippen LogP) is 2.50. The zero-order chi connectivity index (χ0) is 16.0. The number of nitrogens with zero attached hydrogens (tertiary/aromatic N) is 1. The fourth-order valence-corrected chi connectivity index (χ4v) is 1.81. The summed E-state index contributed by atoms with van der Waals surface area (Å²) < 4.78 is 0. The lowest BCUT2D eigenvalue weighted by molar-refractivity contribution is 0.0697. The number of halogens is 1. The van der Waals surface area contributed by atoms with Crippen LogP contribution >= 0.6 is 11.6 Å². The first-order valence-corrected chi connectivity index (χ1v) is 6.97. The molecule has 2 amide bonds. The van der Waals surface area contributed by atoms with Gasteiger partial charge in [-0.15, -0.1) is 0 Å². The van der Waals surface area contributed by atoms with Gasteiger partial charge in [-0.2, -0.15) is 0 Å². The van der Waals surface area contributed by atoms with E-state index in [0.717, 1.165) is 6.54 Å². The highest BCUT2D eigenvalue weighted by atomic mass is 35.5. The third-order valence-electron chi connectivity index (χ3n) is 3.09. The normalized spacial score (nSPS) is 10.8. The summed E-state index contributed by atoms with van der Waals surface area (Å²) in [6.07, 6.45) is 0. The summed E-state index contributed by atoms with van der Waals surface area (Å²) in [5, 5.41) is 14.3. The molecule has 0 atom stereocenters. The second-order valence-electron chi connectivity index (χ2n) is 4.96. The van der Waals surface area contributed by atoms with Crippen molar-refractivity contribution in [3.63, 3.8) is 0 Å². The number of rotatable bonds is 6. The number of benzene rings is 1. The van der Waals surface area contributed by atoms with Crippen molar-refractivity contribution in [1.29, 1.82) is 0 Å². The minimum Gasteiger partial charge on any atom is -0.478 e. The number of amides is 2. The number of carbonyl (C=O) groups is 2. The number of anilines is 1. The Labute approximate surface area is 129 Å². The van der Waals surface area contributed by atoms with E-state index in [1.807, 2.05) is 7.05 Å². The second kappa shape index (κ2) is 7.85. The van der Waals surface area contributed by atoms with Gasteiger partial charge in [-0.05, 0) is 39.1 Å². The first kappa shape index (κ1) is 17.3. The highest BCUT2D eigenvalue weighted by molar-refractivity contribution is 6.33. The van der Waals surface area contributed by atoms with E-state index in [2.05, 4.69) is 29.4 Å². The number of nitrogens with one attached hydrogen (secondary N) is 2. The van der Waals surface area contributed by atoms with Gasteiger partial charge >= 0.3 is 12.0 Å². The molecule has 0 aliphatic carbocycles. The summed E-state index contributed by atoms with van der Waals surface area (Å²) in [7, 11) is 1.98. The van der Waals surface area contributed by atoms with Crippen LogP contribution in [0.4, 0.5) is 10.5 Å². The Morgan fingerprint density at radius 2 is 2.05 bits per heavy atom. The Morgan fingerprint density at radius 1 is 1.38 bits per heavy atom. The fourth-order valence-electron chi connectivity index (χ4n) is 1.55. The first-order valence-electron chi connectivity index (χ1n) is 6.59. The summed E-state index contributed by atoms with van der Waals surface area (Å²) in [5.74, 6) is -1.10. The number of hydrogen-bond donors (Lipinski definition) is 3. The van der Waals surface area contributed by atoms with Crippen LogP contribution in [0.15, 0.2) is 18.2 Å². The molecule has 21 heavy (non-hydrogen) atoms. The van der Waals surface area contributed by atoms with Crippen LogP contribution in [0.5, 0.6) is 0 Å². The van der Waals surface area contributed by atoms with E-state index in [-0.39, 0.29) is 16.6 Å². The summed E-state index contributed by atoms with van der Waals surface area (Å²) in [6.45, 7) is 5.41. The first-order chi connectivity index (χ1) is 9.81. The van der Waals surface area contributed by atoms with E-state index in [0.29, 0.717) is 18.3 Å². The van der Waals surface area contributed by atoms with Crippen molar-refractivity contribution >= 4 is 29.3 Å². The zero-order valence-corrected chi connectivity index (χ0v) is 13.1. The van der Waals surface area contributed by atoms with Gasteiger partial charge in [0.1, 0.15) is 0 Å². The molecule has 7 heteroatoms. The van der Waals surface area contributed by atoms with E-state index in [1.54, 1.807) is 0 Å². The molecule has 6 nitrogen and oxygen atoms in total. The lowest BCUT2D eigenvalue weighted by atomic mass is 10.2. The molecule has 1 aromatic carbocycles. The van der Waals surface area contributed by atoms with E-state index >= 15 is 0 Å². The topological polar surface area (TPSA) is 81.7 Å². The van der Waals surface area contributed by atoms with Crippen LogP contribution in [0.3, 0.4) is 0 Å². The van der Waals surface area contributed by atoms with Crippen molar-refractivity contribution in [2.24, 2.45) is 0 Å². The SMILES string of the molecule is CC(C)N(C)CCNC(=O)Nc1ccc(C(=O)O)c(Cl)c1. The zero-order valence-electron chi connectivity index (χ0n) is 12.3. The van der Waals surface area contributed by atoms with Crippen LogP contribution in [-0.4, -0.2) is 48.2 Å². The smallest absolute Gasteiger partial charge is 0.337 e. The standard InChI is InChI=1S/C14H20ClN3O3/c1-9(2)18(3)7-6-16-14(21)17-10-4-5-11(13(19)20)12(15)8-10/h4-5,8-9H,6-7H2,1-3H3,(H,19,20)(H2,16,17,21). The number of carboxylic acid groups (broad SMARTS) is 1. The molecule has 0 aliphatic heterocycles. The van der Waals surface area contributed by atoms with Gasteiger partial charge in [0.15, 0.2) is 0 Å². The lowest BCUT2D eigenvalue weighted by Gasteiger charge is -2.20. The molecular formula is C14H20ClN3O3. The van der Waals surface area contributed by atoms with Gasteiger partial charge in [0, 0.05) is 24.8 Å². The maximum atomic E-state index is 11.7. The van der Waals surface area contributed by atoms with Crippen LogP contribution in [0.2, 0.25) is 5.02 Å². The van der Waals surface area contributed by atoms with Gasteiger partial charge < -0.3 is 20.6 Å². The predicted molar refractivity (Wildman–Crippen MR) is 83.2 cm³/mol. The highest BCUT2D eigenvalue weighted by Gasteiger charge is 2.10. The minimum absolute atomic E-state index is 0.00110. The Morgan fingerprint density at radius 3 is 2.57 bits per heavy atom. The quantitative estimate of drug-likeness (QED) is 0.753. The molecular weight excluding hydrogens is 294 g/mol. The Balaban J connectivity index is 2.48. The monoisotopic (exact) mass is 313 g/mol. The maximum Gasteiger partial charge on any atom is 0.337 e. The van der Waals surface area contributed by atoms with E-state index < -0.39 is 5.97 Å². The molecule has 0 heterocycles. The molecule has 0 radical (unpaired) electrons. The fraction of sp³-hybridized carbons (Fsp3) is 0.429. The number of urea groups is 1. The van der Waals surface area contributed by atoms with E-state index in [9.17, 15) is 9.59 Å². The molecule has 0 aliphatic rings. The number of likely N-dealkylation sites (N-methyl/N-ethyl adjacent to an activating group) is 1. The Bertz CT molecular complexity index is 520. The van der Waals surface area contributed by atoms with Gasteiger partial charge in [-0.3, -0.25) is 0 Å². The molecule has 0 bridgehead atoms. The third-order valence-corrected chi connectivity index (χ3v) is 3.40. The van der Waals surface area contributed by atoms with Gasteiger partial charge in [0.05, 0.1) is 10.6 Å². The number of aromatic carboxylic acids is 1. The van der Waals surface area contributed by atoms with Crippen LogP contribution in [-0.2, 0) is 0 Å². The third kappa shape index (κ3) is 5.61. The van der Waals surface area contributed by atoms with Crippen molar-refractivity contribution in [1.82, 2.24) is 10.2 Å². The van der Waals surface area contributed by atoms with Crippen molar-refractivity contribution in [3.05, 3.63) is 28.8 Å². The maximum absolute atomic E-state index is 11.7. The lowest BCUT2D eigenvalue weighted by Crippen LogP contribution is -2.37. The van der Waals surface area contributed by atoms with Crippen LogP contribution in [0.1, 0.15) is 24.2 Å². The molecule has 0 fully saturated rings. The van der Waals surface area contributed by atoms with Gasteiger partial charge in [-0.1, -0.05) is 11.6 Å². The molecule has 1 aromatic rings. The minimum atomic E-state index is -1.10. The average molecular weight is 314 g/mol. The highest BCUT2D eigenvalue weighted by Crippen LogP contribution is 2.20.